The van der Waals surface area contributed by atoms with Crippen molar-refractivity contribution in [1.82, 2.24) is 0 Å². The normalized spacial score (nSPS) is 17.9. The predicted octanol–water partition coefficient (Wildman–Crippen LogP) is 6.15. The SMILES string of the molecule is CCOC(=O)[C@@H]1N(c2ccc(Br)cc2)C(=O)[C@H](Nc2ccc(Br)cc2)N1c1ccc(Br)cc1. The number of nitrogens with one attached hydrogen (secondary N) is 1. The van der Waals surface area contributed by atoms with Gasteiger partial charge in [-0.25, -0.2) is 4.79 Å². The van der Waals surface area contributed by atoms with Crippen molar-refractivity contribution in [3.63, 3.8) is 0 Å². The Kier molecular flexibility index (Phi) is 7.41. The first-order valence-corrected chi connectivity index (χ1v) is 12.6. The number of nitrogens with zero attached hydrogens (tertiary/aromatic N) is 2. The van der Waals surface area contributed by atoms with Crippen molar-refractivity contribution in [3.8, 4) is 0 Å². The molecule has 0 aliphatic carbocycles. The lowest BCUT2D eigenvalue weighted by Gasteiger charge is -2.31. The maximum absolute atomic E-state index is 13.8. The van der Waals surface area contributed by atoms with E-state index in [4.69, 9.17) is 4.74 Å². The molecule has 33 heavy (non-hydrogen) atoms. The quantitative estimate of drug-likeness (QED) is 0.329. The Labute approximate surface area is 217 Å². The van der Waals surface area contributed by atoms with Gasteiger partial charge in [-0.05, 0) is 79.7 Å². The monoisotopic (exact) mass is 635 g/mol. The first kappa shape index (κ1) is 23.8. The van der Waals surface area contributed by atoms with Gasteiger partial charge in [0.15, 0.2) is 6.17 Å². The van der Waals surface area contributed by atoms with Gasteiger partial charge < -0.3 is 15.0 Å². The van der Waals surface area contributed by atoms with Crippen LogP contribution < -0.4 is 15.1 Å². The number of esters is 1. The molecule has 0 saturated carbocycles. The van der Waals surface area contributed by atoms with Crippen LogP contribution in [0.2, 0.25) is 0 Å². The van der Waals surface area contributed by atoms with Gasteiger partial charge in [0.25, 0.3) is 5.91 Å². The molecule has 1 saturated heterocycles. The van der Waals surface area contributed by atoms with E-state index in [0.29, 0.717) is 11.4 Å². The summed E-state index contributed by atoms with van der Waals surface area (Å²) in [7, 11) is 0. The Hall–Kier alpha value is -2.36. The molecule has 3 aromatic carbocycles. The van der Waals surface area contributed by atoms with Gasteiger partial charge in [0, 0.05) is 30.5 Å². The number of amides is 1. The molecule has 0 spiro atoms. The van der Waals surface area contributed by atoms with Crippen molar-refractivity contribution in [2.75, 3.05) is 21.7 Å². The van der Waals surface area contributed by atoms with Crippen molar-refractivity contribution < 1.29 is 14.3 Å². The summed E-state index contributed by atoms with van der Waals surface area (Å²) in [6, 6.07) is 22.3. The Morgan fingerprint density at radius 1 is 0.848 bits per heavy atom. The van der Waals surface area contributed by atoms with Crippen LogP contribution in [-0.4, -0.2) is 30.8 Å². The van der Waals surface area contributed by atoms with E-state index in [1.54, 1.807) is 24.0 Å². The van der Waals surface area contributed by atoms with Gasteiger partial charge in [0.1, 0.15) is 0 Å². The highest BCUT2D eigenvalue weighted by Gasteiger charge is 2.51. The molecule has 1 aliphatic rings. The molecule has 0 unspecified atom stereocenters. The molecule has 1 amide bonds. The second-order valence-electron chi connectivity index (χ2n) is 7.25. The third-order valence-electron chi connectivity index (χ3n) is 5.13. The van der Waals surface area contributed by atoms with Crippen molar-refractivity contribution in [1.29, 1.82) is 0 Å². The zero-order valence-corrected chi connectivity index (χ0v) is 22.3. The van der Waals surface area contributed by atoms with E-state index in [9.17, 15) is 9.59 Å². The number of halogens is 3. The molecular weight excluding hydrogens is 618 g/mol. The minimum atomic E-state index is -0.979. The zero-order chi connectivity index (χ0) is 23.5. The molecule has 4 rings (SSSR count). The van der Waals surface area contributed by atoms with Gasteiger partial charge >= 0.3 is 5.97 Å². The average Bonchev–Trinajstić information content (AvgIpc) is 3.09. The standard InChI is InChI=1S/C24H20Br3N3O3/c1-2-33-24(32)22-29(19-11-5-16(26)6-12-19)21(28-18-9-3-15(25)4-10-18)23(31)30(22)20-13-7-17(27)8-14-20/h3-14,21-22,28H,2H2,1H3/t21-,22+/m1/s1. The maximum atomic E-state index is 13.8. The molecular formula is C24H20Br3N3O3. The Morgan fingerprint density at radius 3 is 1.85 bits per heavy atom. The van der Waals surface area contributed by atoms with E-state index >= 15 is 0 Å². The van der Waals surface area contributed by atoms with Gasteiger partial charge in [0.05, 0.1) is 6.61 Å². The second-order valence-corrected chi connectivity index (χ2v) is 9.99. The van der Waals surface area contributed by atoms with Crippen LogP contribution in [0.3, 0.4) is 0 Å². The van der Waals surface area contributed by atoms with Crippen molar-refractivity contribution in [3.05, 3.63) is 86.2 Å². The van der Waals surface area contributed by atoms with Crippen LogP contribution >= 0.6 is 47.8 Å². The van der Waals surface area contributed by atoms with Crippen LogP contribution in [0.1, 0.15) is 6.92 Å². The lowest BCUT2D eigenvalue weighted by molar-refractivity contribution is -0.144. The number of hydrogen-bond donors (Lipinski definition) is 1. The van der Waals surface area contributed by atoms with Gasteiger partial charge in [-0.15, -0.1) is 0 Å². The fourth-order valence-electron chi connectivity index (χ4n) is 3.68. The first-order chi connectivity index (χ1) is 15.9. The minimum absolute atomic E-state index is 0.205. The van der Waals surface area contributed by atoms with E-state index in [-0.39, 0.29) is 12.5 Å². The molecule has 9 heteroatoms. The van der Waals surface area contributed by atoms with Gasteiger partial charge in [-0.1, -0.05) is 47.8 Å². The number of carbonyl (C=O) groups excluding carboxylic acids is 2. The third kappa shape index (κ3) is 5.10. The van der Waals surface area contributed by atoms with Crippen LogP contribution in [0, 0.1) is 0 Å². The number of hydrogen-bond acceptors (Lipinski definition) is 5. The molecule has 0 bridgehead atoms. The minimum Gasteiger partial charge on any atom is -0.463 e. The summed E-state index contributed by atoms with van der Waals surface area (Å²) in [4.78, 5) is 30.3. The Bertz CT molecular complexity index is 1140. The molecule has 6 nitrogen and oxygen atoms in total. The summed E-state index contributed by atoms with van der Waals surface area (Å²) in [5, 5.41) is 3.30. The van der Waals surface area contributed by atoms with Gasteiger partial charge in [-0.3, -0.25) is 9.69 Å². The zero-order valence-electron chi connectivity index (χ0n) is 17.5. The highest BCUT2D eigenvalue weighted by molar-refractivity contribution is 9.11. The van der Waals surface area contributed by atoms with Crippen LogP contribution in [-0.2, 0) is 14.3 Å². The highest BCUT2D eigenvalue weighted by Crippen LogP contribution is 2.35. The Balaban J connectivity index is 1.83. The summed E-state index contributed by atoms with van der Waals surface area (Å²) in [6.07, 6.45) is -1.81. The fourth-order valence-corrected chi connectivity index (χ4v) is 4.47. The number of benzene rings is 3. The lowest BCUT2D eigenvalue weighted by atomic mass is 10.2. The summed E-state index contributed by atoms with van der Waals surface area (Å²) >= 11 is 10.3. The molecule has 170 valence electrons. The van der Waals surface area contributed by atoms with E-state index < -0.39 is 18.3 Å². The number of carbonyl (C=O) groups is 2. The predicted molar refractivity (Wildman–Crippen MR) is 140 cm³/mol. The number of rotatable bonds is 6. The van der Waals surface area contributed by atoms with E-state index in [1.807, 2.05) is 60.7 Å². The second kappa shape index (κ2) is 10.3. The van der Waals surface area contributed by atoms with Gasteiger partial charge in [0.2, 0.25) is 6.17 Å². The third-order valence-corrected chi connectivity index (χ3v) is 6.72. The largest absolute Gasteiger partial charge is 0.463 e. The topological polar surface area (TPSA) is 61.9 Å². The van der Waals surface area contributed by atoms with E-state index in [0.717, 1.165) is 19.1 Å². The van der Waals surface area contributed by atoms with Crippen molar-refractivity contribution >= 4 is 76.7 Å². The summed E-state index contributed by atoms with van der Waals surface area (Å²) in [6.45, 7) is 1.96. The lowest BCUT2D eigenvalue weighted by Crippen LogP contribution is -2.49. The maximum Gasteiger partial charge on any atom is 0.350 e. The summed E-state index contributed by atoms with van der Waals surface area (Å²) in [5.41, 5.74) is 2.06. The molecule has 1 fully saturated rings. The molecule has 0 aromatic heterocycles. The van der Waals surface area contributed by atoms with Crippen LogP contribution in [0.4, 0.5) is 17.1 Å². The number of ether oxygens (including phenoxy) is 1. The summed E-state index contributed by atoms with van der Waals surface area (Å²) < 4.78 is 8.11. The van der Waals surface area contributed by atoms with E-state index in [2.05, 4.69) is 53.1 Å². The van der Waals surface area contributed by atoms with Crippen molar-refractivity contribution in [2.24, 2.45) is 0 Å². The van der Waals surface area contributed by atoms with E-state index in [1.165, 1.54) is 4.90 Å². The number of anilines is 3. The fraction of sp³-hybridized carbons (Fsp3) is 0.167. The molecule has 0 radical (unpaired) electrons. The molecule has 1 heterocycles. The smallest absolute Gasteiger partial charge is 0.350 e. The molecule has 1 aliphatic heterocycles. The molecule has 3 aromatic rings. The van der Waals surface area contributed by atoms with Gasteiger partial charge in [-0.2, -0.15) is 0 Å². The first-order valence-electron chi connectivity index (χ1n) is 10.2. The average molecular weight is 638 g/mol. The van der Waals surface area contributed by atoms with Crippen LogP contribution in [0.15, 0.2) is 86.2 Å². The van der Waals surface area contributed by atoms with Crippen LogP contribution in [0.25, 0.3) is 0 Å². The Morgan fingerprint density at radius 2 is 1.33 bits per heavy atom. The van der Waals surface area contributed by atoms with Crippen molar-refractivity contribution in [2.45, 2.75) is 19.3 Å². The highest BCUT2D eigenvalue weighted by atomic mass is 79.9. The molecule has 1 N–H and O–H groups in total. The van der Waals surface area contributed by atoms with Crippen LogP contribution in [0.5, 0.6) is 0 Å². The summed E-state index contributed by atoms with van der Waals surface area (Å²) in [5.74, 6) is -0.766. The molecule has 2 atom stereocenters.